The number of aromatic amines is 1. The Morgan fingerprint density at radius 2 is 1.63 bits per heavy atom. The second kappa shape index (κ2) is 10.5. The Bertz CT molecular complexity index is 1350. The average molecular weight is 475 g/mol. The normalized spacial score (nSPS) is 12.0. The summed E-state index contributed by atoms with van der Waals surface area (Å²) in [5.74, 6) is -1.65. The third-order valence-electron chi connectivity index (χ3n) is 5.93. The lowest BCUT2D eigenvalue weighted by Crippen LogP contribution is -2.37. The van der Waals surface area contributed by atoms with Crippen molar-refractivity contribution in [3.8, 4) is 22.3 Å². The summed E-state index contributed by atoms with van der Waals surface area (Å²) in [6, 6.07) is 18.1. The molecule has 180 valence electrons. The quantitative estimate of drug-likeness (QED) is 0.249. The van der Waals surface area contributed by atoms with Gasteiger partial charge in [-0.05, 0) is 66.4 Å². The van der Waals surface area contributed by atoms with E-state index in [4.69, 9.17) is 11.5 Å². The third-order valence-corrected chi connectivity index (χ3v) is 5.93. The molecular formula is C27H27FN4O3. The number of amides is 1. The molecule has 0 bridgehead atoms. The first-order valence-corrected chi connectivity index (χ1v) is 11.4. The Labute approximate surface area is 202 Å². The number of carboxylic acids is 1. The summed E-state index contributed by atoms with van der Waals surface area (Å²) in [5, 5.41) is 12.9. The minimum atomic E-state index is -1.02. The van der Waals surface area contributed by atoms with E-state index in [1.165, 1.54) is 24.3 Å². The van der Waals surface area contributed by atoms with Crippen LogP contribution in [0.1, 0.15) is 33.7 Å². The zero-order valence-corrected chi connectivity index (χ0v) is 19.1. The number of rotatable bonds is 9. The van der Waals surface area contributed by atoms with Crippen molar-refractivity contribution < 1.29 is 19.1 Å². The molecule has 0 aliphatic heterocycles. The lowest BCUT2D eigenvalue weighted by atomic mass is 9.98. The Morgan fingerprint density at radius 1 is 0.971 bits per heavy atom. The Hall–Kier alpha value is -4.01. The van der Waals surface area contributed by atoms with Crippen molar-refractivity contribution in [2.24, 2.45) is 11.5 Å². The van der Waals surface area contributed by atoms with Crippen molar-refractivity contribution in [2.45, 2.75) is 18.9 Å². The van der Waals surface area contributed by atoms with Crippen LogP contribution in [0.4, 0.5) is 4.39 Å². The average Bonchev–Trinajstić information content (AvgIpc) is 3.25. The van der Waals surface area contributed by atoms with E-state index < -0.39 is 5.97 Å². The minimum Gasteiger partial charge on any atom is -0.478 e. The van der Waals surface area contributed by atoms with E-state index in [-0.39, 0.29) is 23.3 Å². The fourth-order valence-corrected chi connectivity index (χ4v) is 4.06. The zero-order valence-electron chi connectivity index (χ0n) is 19.1. The van der Waals surface area contributed by atoms with E-state index in [0.717, 1.165) is 28.5 Å². The number of benzene rings is 3. The van der Waals surface area contributed by atoms with Crippen molar-refractivity contribution in [2.75, 3.05) is 13.1 Å². The van der Waals surface area contributed by atoms with Crippen LogP contribution in [0, 0.1) is 5.82 Å². The van der Waals surface area contributed by atoms with Gasteiger partial charge in [-0.3, -0.25) is 4.79 Å². The maximum atomic E-state index is 13.4. The summed E-state index contributed by atoms with van der Waals surface area (Å²) >= 11 is 0. The van der Waals surface area contributed by atoms with Gasteiger partial charge in [0.25, 0.3) is 5.91 Å². The summed E-state index contributed by atoms with van der Waals surface area (Å²) in [6.45, 7) is 0.836. The van der Waals surface area contributed by atoms with Gasteiger partial charge in [0, 0.05) is 29.1 Å². The zero-order chi connectivity index (χ0) is 24.9. The molecule has 1 amide bonds. The summed E-state index contributed by atoms with van der Waals surface area (Å²) in [4.78, 5) is 27.7. The van der Waals surface area contributed by atoms with Crippen LogP contribution in [0.25, 0.3) is 33.2 Å². The number of fused-ring (bicyclic) bond motifs is 1. The fourth-order valence-electron chi connectivity index (χ4n) is 4.06. The van der Waals surface area contributed by atoms with Gasteiger partial charge in [0.15, 0.2) is 0 Å². The molecule has 0 aliphatic rings. The summed E-state index contributed by atoms with van der Waals surface area (Å²) in [6.07, 6.45) is 1.48. The number of aromatic nitrogens is 1. The third kappa shape index (κ3) is 5.40. The smallest absolute Gasteiger partial charge is 0.335 e. The molecular weight excluding hydrogens is 447 g/mol. The molecule has 7 nitrogen and oxygen atoms in total. The van der Waals surface area contributed by atoms with Crippen molar-refractivity contribution in [1.82, 2.24) is 10.3 Å². The molecule has 0 saturated carbocycles. The van der Waals surface area contributed by atoms with Crippen molar-refractivity contribution in [1.29, 1.82) is 0 Å². The molecule has 1 heterocycles. The van der Waals surface area contributed by atoms with Crippen LogP contribution < -0.4 is 16.8 Å². The molecule has 7 N–H and O–H groups in total. The van der Waals surface area contributed by atoms with Crippen LogP contribution in [-0.2, 0) is 0 Å². The first-order chi connectivity index (χ1) is 16.9. The molecule has 0 saturated heterocycles. The van der Waals surface area contributed by atoms with Gasteiger partial charge in [0.05, 0.1) is 5.56 Å². The lowest BCUT2D eigenvalue weighted by Gasteiger charge is -2.12. The molecule has 3 aromatic carbocycles. The molecule has 4 rings (SSSR count). The summed E-state index contributed by atoms with van der Waals surface area (Å²) < 4.78 is 13.4. The number of H-pyrrole nitrogens is 1. The number of carbonyl (C=O) groups excluding carboxylic acids is 1. The van der Waals surface area contributed by atoms with Gasteiger partial charge < -0.3 is 26.9 Å². The highest BCUT2D eigenvalue weighted by Crippen LogP contribution is 2.35. The van der Waals surface area contributed by atoms with E-state index >= 15 is 0 Å². The number of hydrogen-bond donors (Lipinski definition) is 5. The van der Waals surface area contributed by atoms with Crippen molar-refractivity contribution in [3.05, 3.63) is 83.8 Å². The standard InChI is InChI=1S/C27H27FN4O3/c28-20-10-7-16(8-11-20)19-9-12-22-23(14-19)32-25(26(33)31-15-21(30)2-1-13-29)24(22)17-3-5-18(6-4-17)27(34)35/h3-12,14,21,32H,1-2,13,15,29-30H2,(H,31,33)(H,34,35)/t21-/m0/s1. The van der Waals surface area contributed by atoms with Gasteiger partial charge in [0.2, 0.25) is 0 Å². The van der Waals surface area contributed by atoms with E-state index in [1.54, 1.807) is 24.3 Å². The molecule has 0 radical (unpaired) electrons. The van der Waals surface area contributed by atoms with E-state index in [1.807, 2.05) is 18.2 Å². The fraction of sp³-hybridized carbons (Fsp3) is 0.185. The van der Waals surface area contributed by atoms with Crippen LogP contribution in [-0.4, -0.2) is 41.1 Å². The second-order valence-corrected chi connectivity index (χ2v) is 8.43. The number of carbonyl (C=O) groups is 2. The largest absolute Gasteiger partial charge is 0.478 e. The minimum absolute atomic E-state index is 0.157. The maximum Gasteiger partial charge on any atom is 0.335 e. The van der Waals surface area contributed by atoms with Gasteiger partial charge in [-0.25, -0.2) is 9.18 Å². The predicted molar refractivity (Wildman–Crippen MR) is 135 cm³/mol. The molecule has 0 fully saturated rings. The number of aromatic carboxylic acids is 1. The second-order valence-electron chi connectivity index (χ2n) is 8.43. The molecule has 35 heavy (non-hydrogen) atoms. The highest BCUT2D eigenvalue weighted by Gasteiger charge is 2.20. The van der Waals surface area contributed by atoms with Crippen LogP contribution in [0.2, 0.25) is 0 Å². The highest BCUT2D eigenvalue weighted by atomic mass is 19.1. The van der Waals surface area contributed by atoms with E-state index in [2.05, 4.69) is 10.3 Å². The topological polar surface area (TPSA) is 134 Å². The van der Waals surface area contributed by atoms with Gasteiger partial charge in [-0.15, -0.1) is 0 Å². The number of nitrogens with two attached hydrogens (primary N) is 2. The van der Waals surface area contributed by atoms with Crippen LogP contribution in [0.15, 0.2) is 66.7 Å². The van der Waals surface area contributed by atoms with Crippen LogP contribution in [0.5, 0.6) is 0 Å². The van der Waals surface area contributed by atoms with Crippen LogP contribution >= 0.6 is 0 Å². The lowest BCUT2D eigenvalue weighted by molar-refractivity contribution is 0.0696. The summed E-state index contributed by atoms with van der Waals surface area (Å²) in [7, 11) is 0. The van der Waals surface area contributed by atoms with E-state index in [9.17, 15) is 19.1 Å². The van der Waals surface area contributed by atoms with Gasteiger partial charge in [-0.2, -0.15) is 0 Å². The first kappa shape index (κ1) is 24.1. The molecule has 8 heteroatoms. The van der Waals surface area contributed by atoms with Crippen molar-refractivity contribution >= 4 is 22.8 Å². The Kier molecular flexibility index (Phi) is 7.24. The summed E-state index contributed by atoms with van der Waals surface area (Å²) in [5.41, 5.74) is 15.9. The SMILES string of the molecule is NCCC[C@H](N)CNC(=O)c1[nH]c2cc(-c3ccc(F)cc3)ccc2c1-c1ccc(C(=O)O)cc1. The highest BCUT2D eigenvalue weighted by molar-refractivity contribution is 6.10. The Morgan fingerprint density at radius 3 is 2.29 bits per heavy atom. The number of carboxylic acid groups (broad SMARTS) is 1. The number of hydrogen-bond acceptors (Lipinski definition) is 4. The molecule has 1 aromatic heterocycles. The monoisotopic (exact) mass is 474 g/mol. The molecule has 1 atom stereocenters. The van der Waals surface area contributed by atoms with Gasteiger partial charge in [-0.1, -0.05) is 36.4 Å². The molecule has 4 aromatic rings. The first-order valence-electron chi connectivity index (χ1n) is 11.4. The van der Waals surface area contributed by atoms with E-state index in [0.29, 0.717) is 36.3 Å². The number of nitrogens with one attached hydrogen (secondary N) is 2. The predicted octanol–water partition coefficient (Wildman–Crippen LogP) is 4.14. The number of halogens is 1. The van der Waals surface area contributed by atoms with Gasteiger partial charge in [0.1, 0.15) is 11.5 Å². The maximum absolute atomic E-state index is 13.4. The van der Waals surface area contributed by atoms with Gasteiger partial charge >= 0.3 is 5.97 Å². The molecule has 0 spiro atoms. The van der Waals surface area contributed by atoms with Crippen molar-refractivity contribution in [3.63, 3.8) is 0 Å². The molecule has 0 unspecified atom stereocenters. The van der Waals surface area contributed by atoms with Crippen LogP contribution in [0.3, 0.4) is 0 Å². The molecule has 0 aliphatic carbocycles. The Balaban J connectivity index is 1.74.